The first-order valence-electron chi connectivity index (χ1n) is 13.0. The zero-order valence-corrected chi connectivity index (χ0v) is 22.2. The Kier molecular flexibility index (Phi) is 10.3. The Morgan fingerprint density at radius 1 is 1.00 bits per heavy atom. The molecule has 0 bridgehead atoms. The van der Waals surface area contributed by atoms with Gasteiger partial charge in [0.05, 0.1) is 50.8 Å². The highest BCUT2D eigenvalue weighted by molar-refractivity contribution is 6.05. The topological polar surface area (TPSA) is 133 Å². The summed E-state index contributed by atoms with van der Waals surface area (Å²) < 4.78 is 31.3. The summed E-state index contributed by atoms with van der Waals surface area (Å²) >= 11 is 0. The van der Waals surface area contributed by atoms with Crippen molar-refractivity contribution >= 4 is 23.5 Å². The van der Waals surface area contributed by atoms with Crippen LogP contribution in [-0.2, 0) is 23.8 Å². The van der Waals surface area contributed by atoms with Crippen LogP contribution in [0.2, 0.25) is 0 Å². The number of urea groups is 1. The lowest BCUT2D eigenvalue weighted by Crippen LogP contribution is -2.22. The minimum atomic E-state index is -0.955. The molecular weight excluding hydrogens is 521 g/mol. The summed E-state index contributed by atoms with van der Waals surface area (Å²) in [5.74, 6) is -1.14. The van der Waals surface area contributed by atoms with E-state index < -0.39 is 23.8 Å². The predicted molar refractivity (Wildman–Crippen MR) is 144 cm³/mol. The molecule has 40 heavy (non-hydrogen) atoms. The molecule has 1 atom stereocenters. The van der Waals surface area contributed by atoms with E-state index in [0.29, 0.717) is 54.6 Å². The molecule has 3 N–H and O–H groups in total. The summed E-state index contributed by atoms with van der Waals surface area (Å²) in [7, 11) is 0. The van der Waals surface area contributed by atoms with Crippen molar-refractivity contribution in [2.45, 2.75) is 25.8 Å². The number of imide groups is 1. The summed E-state index contributed by atoms with van der Waals surface area (Å²) in [6, 6.07) is 11.1. The van der Waals surface area contributed by atoms with Gasteiger partial charge in [-0.15, -0.1) is 0 Å². The van der Waals surface area contributed by atoms with Crippen molar-refractivity contribution in [2.24, 2.45) is 0 Å². The molecule has 11 nitrogen and oxygen atoms in total. The van der Waals surface area contributed by atoms with E-state index in [1.165, 1.54) is 16.8 Å². The Balaban J connectivity index is 1.36. The van der Waals surface area contributed by atoms with Crippen molar-refractivity contribution in [3.63, 3.8) is 0 Å². The zero-order valence-electron chi connectivity index (χ0n) is 22.2. The van der Waals surface area contributed by atoms with Crippen LogP contribution < -0.4 is 16.0 Å². The maximum atomic E-state index is 13.5. The smallest absolute Gasteiger partial charge is 0.322 e. The van der Waals surface area contributed by atoms with Gasteiger partial charge in [0.1, 0.15) is 11.9 Å². The molecule has 1 aromatic heterocycles. The molecule has 0 radical (unpaired) electrons. The lowest BCUT2D eigenvalue weighted by atomic mass is 10.0. The highest BCUT2D eigenvalue weighted by Crippen LogP contribution is 2.30. The van der Waals surface area contributed by atoms with Gasteiger partial charge in [-0.2, -0.15) is 5.10 Å². The number of benzene rings is 2. The molecule has 212 valence electrons. The standard InChI is InChI=1S/C28H32FN5O6/c1-2-11-38-13-15-40-16-14-39-12-10-24(35)30-21-4-3-5-22(17-21)34-18-23(26-27(36)32-28(37)31-26)25(33-34)19-6-8-20(29)9-7-19/h3-9,17-18,26H,2,10-16H2,1H3,(H,30,35)(H2,31,32,36,37). The first-order chi connectivity index (χ1) is 19.4. The van der Waals surface area contributed by atoms with E-state index in [9.17, 15) is 18.8 Å². The molecule has 12 heteroatoms. The fourth-order valence-corrected chi connectivity index (χ4v) is 4.00. The van der Waals surface area contributed by atoms with Crippen LogP contribution in [0, 0.1) is 5.82 Å². The van der Waals surface area contributed by atoms with E-state index in [1.54, 1.807) is 42.6 Å². The third-order valence-corrected chi connectivity index (χ3v) is 5.91. The second-order valence-electron chi connectivity index (χ2n) is 8.97. The number of nitrogens with zero attached hydrogens (tertiary/aromatic N) is 2. The van der Waals surface area contributed by atoms with Crippen LogP contribution in [0.5, 0.6) is 0 Å². The number of hydrogen-bond donors (Lipinski definition) is 3. The third kappa shape index (κ3) is 7.94. The van der Waals surface area contributed by atoms with Crippen molar-refractivity contribution in [1.29, 1.82) is 0 Å². The Morgan fingerprint density at radius 2 is 1.70 bits per heavy atom. The van der Waals surface area contributed by atoms with Gasteiger partial charge in [-0.25, -0.2) is 13.9 Å². The lowest BCUT2D eigenvalue weighted by Gasteiger charge is -2.09. The van der Waals surface area contributed by atoms with E-state index in [2.05, 4.69) is 21.0 Å². The van der Waals surface area contributed by atoms with Crippen molar-refractivity contribution < 1.29 is 33.0 Å². The molecule has 4 amide bonds. The monoisotopic (exact) mass is 553 g/mol. The number of rotatable bonds is 15. The maximum Gasteiger partial charge on any atom is 0.322 e. The van der Waals surface area contributed by atoms with E-state index in [0.717, 1.165) is 13.0 Å². The second-order valence-corrected chi connectivity index (χ2v) is 8.97. The molecule has 0 aliphatic carbocycles. The number of hydrogen-bond acceptors (Lipinski definition) is 7. The van der Waals surface area contributed by atoms with E-state index >= 15 is 0 Å². The SMILES string of the molecule is CCCOCCOCCOCCC(=O)Nc1cccc(-n2cc(C3NC(=O)NC3=O)c(-c3ccc(F)cc3)n2)c1. The number of ether oxygens (including phenoxy) is 3. The van der Waals surface area contributed by atoms with Gasteiger partial charge in [0.2, 0.25) is 5.91 Å². The van der Waals surface area contributed by atoms with Gasteiger partial charge in [0.25, 0.3) is 5.91 Å². The van der Waals surface area contributed by atoms with Crippen LogP contribution in [-0.4, -0.2) is 67.3 Å². The largest absolute Gasteiger partial charge is 0.379 e. The van der Waals surface area contributed by atoms with Gasteiger partial charge in [-0.05, 0) is 48.9 Å². The molecule has 1 unspecified atom stereocenters. The molecule has 4 rings (SSSR count). The van der Waals surface area contributed by atoms with Gasteiger partial charge in [-0.1, -0.05) is 13.0 Å². The van der Waals surface area contributed by atoms with Crippen LogP contribution in [0.1, 0.15) is 31.4 Å². The Hall–Kier alpha value is -4.13. The minimum Gasteiger partial charge on any atom is -0.379 e. The molecule has 3 aromatic rings. The Morgan fingerprint density at radius 3 is 2.38 bits per heavy atom. The molecule has 1 saturated heterocycles. The molecular formula is C28H32FN5O6. The number of nitrogens with one attached hydrogen (secondary N) is 3. The number of anilines is 1. The summed E-state index contributed by atoms with van der Waals surface area (Å²) in [5.41, 5.74) is 2.58. The third-order valence-electron chi connectivity index (χ3n) is 5.91. The Labute approximate surface area is 231 Å². The van der Waals surface area contributed by atoms with Crippen LogP contribution in [0.25, 0.3) is 16.9 Å². The van der Waals surface area contributed by atoms with E-state index in [4.69, 9.17) is 14.2 Å². The molecule has 1 aliphatic heterocycles. The minimum absolute atomic E-state index is 0.168. The first-order valence-corrected chi connectivity index (χ1v) is 13.0. The van der Waals surface area contributed by atoms with Crippen LogP contribution in [0.15, 0.2) is 54.7 Å². The molecule has 1 fully saturated rings. The second kappa shape index (κ2) is 14.3. The normalized spacial score (nSPS) is 14.7. The van der Waals surface area contributed by atoms with Gasteiger partial charge in [0.15, 0.2) is 0 Å². The van der Waals surface area contributed by atoms with Crippen molar-refractivity contribution in [3.8, 4) is 16.9 Å². The van der Waals surface area contributed by atoms with Crippen molar-refractivity contribution in [1.82, 2.24) is 20.4 Å². The highest BCUT2D eigenvalue weighted by Gasteiger charge is 2.34. The average Bonchev–Trinajstić information content (AvgIpc) is 3.53. The van der Waals surface area contributed by atoms with E-state index in [1.807, 2.05) is 6.92 Å². The molecule has 2 heterocycles. The van der Waals surface area contributed by atoms with Gasteiger partial charge in [0, 0.05) is 29.6 Å². The summed E-state index contributed by atoms with van der Waals surface area (Å²) in [6.45, 7) is 4.88. The summed E-state index contributed by atoms with van der Waals surface area (Å²) in [4.78, 5) is 36.6. The van der Waals surface area contributed by atoms with Crippen LogP contribution in [0.3, 0.4) is 0 Å². The fourth-order valence-electron chi connectivity index (χ4n) is 4.00. The molecule has 0 saturated carbocycles. The van der Waals surface area contributed by atoms with Crippen molar-refractivity contribution in [3.05, 3.63) is 66.1 Å². The van der Waals surface area contributed by atoms with Crippen molar-refractivity contribution in [2.75, 3.05) is 45.0 Å². The number of halogens is 1. The average molecular weight is 554 g/mol. The quantitative estimate of drug-likeness (QED) is 0.194. The number of amides is 4. The summed E-state index contributed by atoms with van der Waals surface area (Å²) in [5, 5.41) is 12.3. The van der Waals surface area contributed by atoms with E-state index in [-0.39, 0.29) is 18.9 Å². The first kappa shape index (κ1) is 28.9. The Bertz CT molecular complexity index is 1310. The van der Waals surface area contributed by atoms with Gasteiger partial charge >= 0.3 is 6.03 Å². The number of carbonyl (C=O) groups excluding carboxylic acids is 3. The number of aromatic nitrogens is 2. The molecule has 2 aromatic carbocycles. The van der Waals surface area contributed by atoms with Gasteiger partial charge in [-0.3, -0.25) is 14.9 Å². The van der Waals surface area contributed by atoms with Crippen LogP contribution in [0.4, 0.5) is 14.9 Å². The molecule has 0 spiro atoms. The zero-order chi connectivity index (χ0) is 28.3. The van der Waals surface area contributed by atoms with Gasteiger partial charge < -0.3 is 24.8 Å². The highest BCUT2D eigenvalue weighted by atomic mass is 19.1. The van der Waals surface area contributed by atoms with Crippen LogP contribution >= 0.6 is 0 Å². The molecule has 1 aliphatic rings. The summed E-state index contributed by atoms with van der Waals surface area (Å²) in [6.07, 6.45) is 2.77. The number of carbonyl (C=O) groups is 3. The fraction of sp³-hybridized carbons (Fsp3) is 0.357. The lowest BCUT2D eigenvalue weighted by molar-refractivity contribution is -0.120. The predicted octanol–water partition coefficient (Wildman–Crippen LogP) is 3.35. The maximum absolute atomic E-state index is 13.5.